The molecule has 3 rings (SSSR count). The lowest BCUT2D eigenvalue weighted by Crippen LogP contribution is -2.41. The molecule has 0 radical (unpaired) electrons. The highest BCUT2D eigenvalue weighted by atomic mass is 35.5. The first-order valence-electron chi connectivity index (χ1n) is 6.79. The van der Waals surface area contributed by atoms with Gasteiger partial charge in [0.1, 0.15) is 12.7 Å². The van der Waals surface area contributed by atoms with Crippen LogP contribution in [0, 0.1) is 0 Å². The molecule has 1 fully saturated rings. The van der Waals surface area contributed by atoms with Gasteiger partial charge in [-0.05, 0) is 38.0 Å². The number of nitrogens with zero attached hydrogens (tertiary/aromatic N) is 3. The molecule has 0 atom stereocenters. The van der Waals surface area contributed by atoms with E-state index in [2.05, 4.69) is 15.4 Å². The molecule has 106 valence electrons. The van der Waals surface area contributed by atoms with Crippen LogP contribution >= 0.6 is 11.6 Å². The Labute approximate surface area is 122 Å². The predicted molar refractivity (Wildman–Crippen MR) is 78.4 cm³/mol. The fourth-order valence-electron chi connectivity index (χ4n) is 2.43. The second-order valence-electron chi connectivity index (χ2n) is 4.89. The highest BCUT2D eigenvalue weighted by Gasteiger charge is 2.29. The Kier molecular flexibility index (Phi) is 3.89. The van der Waals surface area contributed by atoms with Crippen molar-refractivity contribution in [2.24, 2.45) is 0 Å². The zero-order valence-electron chi connectivity index (χ0n) is 11.3. The highest BCUT2D eigenvalue weighted by Crippen LogP contribution is 2.30. The van der Waals surface area contributed by atoms with Crippen molar-refractivity contribution in [2.75, 3.05) is 11.9 Å². The zero-order valence-corrected chi connectivity index (χ0v) is 12.0. The molecule has 1 aromatic heterocycles. The largest absolute Gasteiger partial charge is 0.380 e. The van der Waals surface area contributed by atoms with Crippen LogP contribution in [0.25, 0.3) is 5.69 Å². The summed E-state index contributed by atoms with van der Waals surface area (Å²) in [4.78, 5) is 3.98. The molecule has 1 aliphatic carbocycles. The van der Waals surface area contributed by atoms with E-state index in [9.17, 15) is 0 Å². The van der Waals surface area contributed by atoms with Crippen LogP contribution in [0.2, 0.25) is 5.02 Å². The first kappa shape index (κ1) is 13.4. The van der Waals surface area contributed by atoms with Crippen molar-refractivity contribution in [3.05, 3.63) is 35.9 Å². The number of aromatic nitrogens is 3. The number of halogens is 1. The second kappa shape index (κ2) is 5.81. The lowest BCUT2D eigenvalue weighted by molar-refractivity contribution is 0.00299. The number of hydrogen-bond acceptors (Lipinski definition) is 4. The van der Waals surface area contributed by atoms with Gasteiger partial charge in [0.25, 0.3) is 0 Å². The molecular weight excluding hydrogens is 276 g/mol. The lowest BCUT2D eigenvalue weighted by atomic mass is 9.89. The summed E-state index contributed by atoms with van der Waals surface area (Å²) in [5.74, 6) is 0. The van der Waals surface area contributed by atoms with Crippen molar-refractivity contribution >= 4 is 17.3 Å². The number of rotatable bonds is 5. The summed E-state index contributed by atoms with van der Waals surface area (Å²) in [6.45, 7) is 2.80. The van der Waals surface area contributed by atoms with Gasteiger partial charge in [-0.25, -0.2) is 9.67 Å². The van der Waals surface area contributed by atoms with Crippen LogP contribution in [-0.4, -0.2) is 33.5 Å². The standard InChI is InChI=1S/C14H17ClN4O/c1-2-20-12-6-11(7-12)18-13-5-10(15)3-4-14(13)19-9-16-8-17-19/h3-5,8-9,11-12,18H,2,6-7H2,1H3. The molecule has 6 heteroatoms. The summed E-state index contributed by atoms with van der Waals surface area (Å²) in [6, 6.07) is 6.14. The summed E-state index contributed by atoms with van der Waals surface area (Å²) in [6.07, 6.45) is 5.63. The molecule has 2 aromatic rings. The Balaban J connectivity index is 1.74. The van der Waals surface area contributed by atoms with Gasteiger partial charge in [-0.15, -0.1) is 0 Å². The van der Waals surface area contributed by atoms with Crippen LogP contribution in [0.4, 0.5) is 5.69 Å². The lowest BCUT2D eigenvalue weighted by Gasteiger charge is -2.36. The van der Waals surface area contributed by atoms with Gasteiger partial charge < -0.3 is 10.1 Å². The molecular formula is C14H17ClN4O. The van der Waals surface area contributed by atoms with Crippen molar-refractivity contribution in [1.29, 1.82) is 0 Å². The van der Waals surface area contributed by atoms with E-state index in [1.807, 2.05) is 25.1 Å². The van der Waals surface area contributed by atoms with Gasteiger partial charge in [-0.3, -0.25) is 0 Å². The van der Waals surface area contributed by atoms with E-state index < -0.39 is 0 Å². The van der Waals surface area contributed by atoms with Crippen LogP contribution in [0.15, 0.2) is 30.9 Å². The molecule has 0 aliphatic heterocycles. The summed E-state index contributed by atoms with van der Waals surface area (Å²) in [5.41, 5.74) is 1.93. The molecule has 5 nitrogen and oxygen atoms in total. The Morgan fingerprint density at radius 1 is 1.45 bits per heavy atom. The van der Waals surface area contributed by atoms with Crippen LogP contribution < -0.4 is 5.32 Å². The van der Waals surface area contributed by atoms with Gasteiger partial charge in [0.2, 0.25) is 0 Å². The fraction of sp³-hybridized carbons (Fsp3) is 0.429. The monoisotopic (exact) mass is 292 g/mol. The summed E-state index contributed by atoms with van der Waals surface area (Å²) in [5, 5.41) is 8.39. The third-order valence-corrected chi connectivity index (χ3v) is 3.72. The van der Waals surface area contributed by atoms with Gasteiger partial charge in [-0.2, -0.15) is 5.10 Å². The van der Waals surface area contributed by atoms with Gasteiger partial charge in [0.05, 0.1) is 17.5 Å². The smallest absolute Gasteiger partial charge is 0.138 e. The first-order valence-corrected chi connectivity index (χ1v) is 7.16. The zero-order chi connectivity index (χ0) is 13.9. The molecule has 1 aromatic carbocycles. The predicted octanol–water partition coefficient (Wildman–Crippen LogP) is 2.90. The number of nitrogens with one attached hydrogen (secondary N) is 1. The van der Waals surface area contributed by atoms with Crippen molar-refractivity contribution < 1.29 is 4.74 Å². The fourth-order valence-corrected chi connectivity index (χ4v) is 2.60. The normalized spacial score (nSPS) is 21.5. The molecule has 0 bridgehead atoms. The summed E-state index contributed by atoms with van der Waals surface area (Å²) in [7, 11) is 0. The van der Waals surface area contributed by atoms with Crippen molar-refractivity contribution in [1.82, 2.24) is 14.8 Å². The Bertz CT molecular complexity index is 567. The van der Waals surface area contributed by atoms with Crippen LogP contribution in [0.5, 0.6) is 0 Å². The highest BCUT2D eigenvalue weighted by molar-refractivity contribution is 6.31. The average Bonchev–Trinajstić information content (AvgIpc) is 2.90. The van der Waals surface area contributed by atoms with Gasteiger partial charge in [0, 0.05) is 17.7 Å². The maximum atomic E-state index is 6.09. The quantitative estimate of drug-likeness (QED) is 0.920. The van der Waals surface area contributed by atoms with E-state index in [1.54, 1.807) is 11.0 Å². The van der Waals surface area contributed by atoms with Crippen molar-refractivity contribution in [2.45, 2.75) is 31.9 Å². The molecule has 1 aliphatic rings. The molecule has 1 N–H and O–H groups in total. The number of benzene rings is 1. The van der Waals surface area contributed by atoms with Crippen LogP contribution in [0.1, 0.15) is 19.8 Å². The SMILES string of the molecule is CCOC1CC(Nc2cc(Cl)ccc2-n2cncn2)C1. The average molecular weight is 293 g/mol. The van der Waals surface area contributed by atoms with E-state index in [1.165, 1.54) is 6.33 Å². The Morgan fingerprint density at radius 3 is 3.00 bits per heavy atom. The number of anilines is 1. The third kappa shape index (κ3) is 2.78. The van der Waals surface area contributed by atoms with Crippen LogP contribution in [-0.2, 0) is 4.74 Å². The van der Waals surface area contributed by atoms with Gasteiger partial charge in [-0.1, -0.05) is 11.6 Å². The second-order valence-corrected chi connectivity index (χ2v) is 5.33. The van der Waals surface area contributed by atoms with E-state index in [4.69, 9.17) is 16.3 Å². The summed E-state index contributed by atoms with van der Waals surface area (Å²) < 4.78 is 7.31. The molecule has 0 amide bonds. The van der Waals surface area contributed by atoms with E-state index in [0.29, 0.717) is 17.2 Å². The molecule has 0 unspecified atom stereocenters. The molecule has 1 saturated carbocycles. The number of ether oxygens (including phenoxy) is 1. The minimum absolute atomic E-state index is 0.381. The Morgan fingerprint density at radius 2 is 2.30 bits per heavy atom. The topological polar surface area (TPSA) is 52.0 Å². The molecule has 20 heavy (non-hydrogen) atoms. The molecule has 1 heterocycles. The van der Waals surface area contributed by atoms with Crippen LogP contribution in [0.3, 0.4) is 0 Å². The Hall–Kier alpha value is -1.59. The van der Waals surface area contributed by atoms with E-state index in [-0.39, 0.29) is 0 Å². The third-order valence-electron chi connectivity index (χ3n) is 3.48. The van der Waals surface area contributed by atoms with Gasteiger partial charge in [0.15, 0.2) is 0 Å². The minimum atomic E-state index is 0.381. The molecule has 0 saturated heterocycles. The number of hydrogen-bond donors (Lipinski definition) is 1. The van der Waals surface area contributed by atoms with Gasteiger partial charge >= 0.3 is 0 Å². The maximum Gasteiger partial charge on any atom is 0.138 e. The molecule has 0 spiro atoms. The minimum Gasteiger partial charge on any atom is -0.380 e. The van der Waals surface area contributed by atoms with E-state index >= 15 is 0 Å². The van der Waals surface area contributed by atoms with Crippen molar-refractivity contribution in [3.63, 3.8) is 0 Å². The summed E-state index contributed by atoms with van der Waals surface area (Å²) >= 11 is 6.09. The maximum absolute atomic E-state index is 6.09. The first-order chi connectivity index (χ1) is 9.76. The van der Waals surface area contributed by atoms with Crippen molar-refractivity contribution in [3.8, 4) is 5.69 Å². The van der Waals surface area contributed by atoms with E-state index in [0.717, 1.165) is 30.8 Å².